The summed E-state index contributed by atoms with van der Waals surface area (Å²) in [6, 6.07) is 8.50. The fraction of sp³-hybridized carbons (Fsp3) is 0.417. The lowest BCUT2D eigenvalue weighted by Gasteiger charge is -2.38. The number of hydrogen-bond acceptors (Lipinski definition) is 5. The molecule has 0 aliphatic carbocycles. The molecule has 1 saturated heterocycles. The summed E-state index contributed by atoms with van der Waals surface area (Å²) in [5, 5.41) is 3.73. The van der Waals surface area contributed by atoms with Crippen LogP contribution in [0.2, 0.25) is 0 Å². The summed E-state index contributed by atoms with van der Waals surface area (Å²) in [6.07, 6.45) is 1.33. The number of benzene rings is 1. The van der Waals surface area contributed by atoms with Gasteiger partial charge in [0.2, 0.25) is 0 Å². The topological polar surface area (TPSA) is 79.5 Å². The molecule has 32 heavy (non-hydrogen) atoms. The molecule has 1 aromatic carbocycles. The number of aromatic nitrogens is 2. The van der Waals surface area contributed by atoms with E-state index < -0.39 is 11.7 Å². The third kappa shape index (κ3) is 4.85. The normalized spacial score (nSPS) is 14.9. The Hall–Kier alpha value is -3.13. The highest BCUT2D eigenvalue weighted by atomic mass is 19.1. The van der Waals surface area contributed by atoms with Crippen molar-refractivity contribution in [2.75, 3.05) is 33.3 Å². The summed E-state index contributed by atoms with van der Waals surface area (Å²) in [5.41, 5.74) is 2.96. The van der Waals surface area contributed by atoms with E-state index in [1.165, 1.54) is 12.1 Å². The number of pyridine rings is 1. The van der Waals surface area contributed by atoms with E-state index in [1.54, 1.807) is 19.4 Å². The number of amides is 1. The maximum absolute atomic E-state index is 13.9. The van der Waals surface area contributed by atoms with Gasteiger partial charge in [-0.15, -0.1) is 0 Å². The van der Waals surface area contributed by atoms with Crippen molar-refractivity contribution in [3.05, 3.63) is 48.0 Å². The maximum atomic E-state index is 13.9. The number of halogens is 1. The van der Waals surface area contributed by atoms with Crippen molar-refractivity contribution in [1.29, 1.82) is 0 Å². The van der Waals surface area contributed by atoms with Crippen LogP contribution < -0.4 is 10.1 Å². The maximum Gasteiger partial charge on any atom is 0.407 e. The van der Waals surface area contributed by atoms with Gasteiger partial charge < -0.3 is 24.7 Å². The van der Waals surface area contributed by atoms with E-state index in [9.17, 15) is 9.18 Å². The molecular formula is C24H29FN4O3. The van der Waals surface area contributed by atoms with Crippen molar-refractivity contribution in [2.24, 2.45) is 0 Å². The van der Waals surface area contributed by atoms with Crippen LogP contribution in [0, 0.1) is 5.82 Å². The first-order valence-electron chi connectivity index (χ1n) is 10.7. The lowest BCUT2D eigenvalue weighted by Crippen LogP contribution is -2.48. The number of methoxy groups -OCH3 is 1. The molecule has 3 aromatic rings. The largest absolute Gasteiger partial charge is 0.496 e. The van der Waals surface area contributed by atoms with Crippen LogP contribution in [-0.4, -0.2) is 59.9 Å². The zero-order chi connectivity index (χ0) is 22.9. The fourth-order valence-electron chi connectivity index (χ4n) is 3.97. The lowest BCUT2D eigenvalue weighted by molar-refractivity contribution is 0.0513. The summed E-state index contributed by atoms with van der Waals surface area (Å²) in [4.78, 5) is 21.9. The number of aromatic amines is 1. The number of hydrogen-bond donors (Lipinski definition) is 2. The Morgan fingerprint density at radius 2 is 2.03 bits per heavy atom. The number of H-pyrrole nitrogens is 1. The molecule has 1 fully saturated rings. The van der Waals surface area contributed by atoms with Crippen LogP contribution in [0.3, 0.4) is 0 Å². The van der Waals surface area contributed by atoms with E-state index in [4.69, 9.17) is 9.47 Å². The van der Waals surface area contributed by atoms with Gasteiger partial charge in [0.25, 0.3) is 0 Å². The van der Waals surface area contributed by atoms with Crippen molar-refractivity contribution in [1.82, 2.24) is 20.2 Å². The summed E-state index contributed by atoms with van der Waals surface area (Å²) in [7, 11) is 1.58. The van der Waals surface area contributed by atoms with Crippen LogP contribution >= 0.6 is 0 Å². The number of alkyl carbamates (subject to hydrolysis) is 1. The number of likely N-dealkylation sites (tertiary alicyclic amines) is 1. The highest BCUT2D eigenvalue weighted by molar-refractivity contribution is 5.95. The van der Waals surface area contributed by atoms with Gasteiger partial charge in [0.1, 0.15) is 22.8 Å². The molecule has 0 atom stereocenters. The van der Waals surface area contributed by atoms with Crippen molar-refractivity contribution >= 4 is 17.1 Å². The number of ether oxygens (including phenoxy) is 2. The Morgan fingerprint density at radius 1 is 1.25 bits per heavy atom. The SMILES string of the molecule is COc1ccc(F)cc1-c1ccnc2[nH]c(C3CN(CCNC(=O)OC(C)(C)C)C3)cc12. The van der Waals surface area contributed by atoms with Crippen molar-refractivity contribution in [2.45, 2.75) is 32.3 Å². The number of nitrogens with one attached hydrogen (secondary N) is 2. The first kappa shape index (κ1) is 22.1. The molecule has 2 N–H and O–H groups in total. The van der Waals surface area contributed by atoms with Crippen molar-refractivity contribution < 1.29 is 18.7 Å². The van der Waals surface area contributed by atoms with E-state index in [2.05, 4.69) is 26.3 Å². The summed E-state index contributed by atoms with van der Waals surface area (Å²) in [6.45, 7) is 8.62. The van der Waals surface area contributed by atoms with Crippen LogP contribution in [0.15, 0.2) is 36.5 Å². The Labute approximate surface area is 186 Å². The molecule has 0 radical (unpaired) electrons. The number of fused-ring (bicyclic) bond motifs is 1. The zero-order valence-electron chi connectivity index (χ0n) is 18.9. The molecule has 1 aliphatic heterocycles. The van der Waals surface area contributed by atoms with E-state index >= 15 is 0 Å². The molecule has 8 heteroatoms. The van der Waals surface area contributed by atoms with Gasteiger partial charge >= 0.3 is 6.09 Å². The molecule has 4 rings (SSSR count). The van der Waals surface area contributed by atoms with Gasteiger partial charge in [0, 0.05) is 54.9 Å². The molecule has 3 heterocycles. The smallest absolute Gasteiger partial charge is 0.407 e. The van der Waals surface area contributed by atoms with Crippen LogP contribution in [0.25, 0.3) is 22.2 Å². The third-order valence-electron chi connectivity index (χ3n) is 5.50. The van der Waals surface area contributed by atoms with E-state index in [-0.39, 0.29) is 5.82 Å². The van der Waals surface area contributed by atoms with Crippen molar-refractivity contribution in [3.8, 4) is 16.9 Å². The van der Waals surface area contributed by atoms with Gasteiger partial charge in [-0.05, 0) is 56.7 Å². The van der Waals surface area contributed by atoms with Crippen LogP contribution in [0.1, 0.15) is 32.4 Å². The summed E-state index contributed by atoms with van der Waals surface area (Å²) >= 11 is 0. The fourth-order valence-corrected chi connectivity index (χ4v) is 3.97. The summed E-state index contributed by atoms with van der Waals surface area (Å²) in [5.74, 6) is 0.665. The van der Waals surface area contributed by atoms with Crippen LogP contribution in [0.4, 0.5) is 9.18 Å². The first-order valence-corrected chi connectivity index (χ1v) is 10.7. The van der Waals surface area contributed by atoms with Gasteiger partial charge in [-0.25, -0.2) is 14.2 Å². The number of carbonyl (C=O) groups is 1. The monoisotopic (exact) mass is 440 g/mol. The highest BCUT2D eigenvalue weighted by Gasteiger charge is 2.29. The minimum atomic E-state index is -0.496. The van der Waals surface area contributed by atoms with E-state index in [0.29, 0.717) is 23.8 Å². The van der Waals surface area contributed by atoms with Crippen molar-refractivity contribution in [3.63, 3.8) is 0 Å². The standard InChI is InChI=1S/C24H29FN4O3/c1-24(2,3)32-23(30)27-9-10-29-13-15(14-29)20-12-19-17(7-8-26-22(19)28-20)18-11-16(25)5-6-21(18)31-4/h5-8,11-12,15H,9-10,13-14H2,1-4H3,(H,26,28)(H,27,30). The predicted molar refractivity (Wildman–Crippen MR) is 121 cm³/mol. The molecule has 1 aliphatic rings. The molecule has 170 valence electrons. The zero-order valence-corrected chi connectivity index (χ0v) is 18.9. The second kappa shape index (κ2) is 8.78. The van der Waals surface area contributed by atoms with Crippen LogP contribution in [0.5, 0.6) is 5.75 Å². The van der Waals surface area contributed by atoms with Gasteiger partial charge in [-0.2, -0.15) is 0 Å². The molecular weight excluding hydrogens is 411 g/mol. The van der Waals surface area contributed by atoms with Gasteiger partial charge in [0.15, 0.2) is 0 Å². The molecule has 0 unspecified atom stereocenters. The second-order valence-electron chi connectivity index (χ2n) is 9.08. The molecule has 0 spiro atoms. The molecule has 0 saturated carbocycles. The first-order chi connectivity index (χ1) is 15.2. The average Bonchev–Trinajstić information content (AvgIpc) is 3.11. The minimum Gasteiger partial charge on any atom is -0.496 e. The number of carbonyl (C=O) groups excluding carboxylic acids is 1. The highest BCUT2D eigenvalue weighted by Crippen LogP contribution is 2.37. The second-order valence-corrected chi connectivity index (χ2v) is 9.08. The lowest BCUT2D eigenvalue weighted by atomic mass is 9.95. The molecule has 2 aromatic heterocycles. The van der Waals surface area contributed by atoms with Gasteiger partial charge in [0.05, 0.1) is 7.11 Å². The Kier molecular flexibility index (Phi) is 6.06. The quantitative estimate of drug-likeness (QED) is 0.597. The van der Waals surface area contributed by atoms with E-state index in [1.807, 2.05) is 26.8 Å². The Balaban J connectivity index is 1.41. The summed E-state index contributed by atoms with van der Waals surface area (Å²) < 4.78 is 24.6. The van der Waals surface area contributed by atoms with Gasteiger partial charge in [-0.1, -0.05) is 0 Å². The number of rotatable bonds is 6. The van der Waals surface area contributed by atoms with Crippen LogP contribution in [-0.2, 0) is 4.74 Å². The van der Waals surface area contributed by atoms with E-state index in [0.717, 1.165) is 41.9 Å². The Bertz CT molecular complexity index is 1120. The molecule has 0 bridgehead atoms. The molecule has 1 amide bonds. The third-order valence-corrected chi connectivity index (χ3v) is 5.50. The molecule has 7 nitrogen and oxygen atoms in total. The predicted octanol–water partition coefficient (Wildman–Crippen LogP) is 4.30. The minimum absolute atomic E-state index is 0.309. The van der Waals surface area contributed by atoms with Gasteiger partial charge in [-0.3, -0.25) is 0 Å². The number of nitrogens with zero attached hydrogens (tertiary/aromatic N) is 2. The average molecular weight is 441 g/mol. The Morgan fingerprint density at radius 3 is 2.75 bits per heavy atom.